The van der Waals surface area contributed by atoms with Crippen LogP contribution < -0.4 is 5.73 Å². The van der Waals surface area contributed by atoms with Crippen LogP contribution in [0.3, 0.4) is 0 Å². The van der Waals surface area contributed by atoms with E-state index in [1.807, 2.05) is 0 Å². The third kappa shape index (κ3) is 1.85. The van der Waals surface area contributed by atoms with Crippen LogP contribution in [0.2, 0.25) is 5.02 Å². The van der Waals surface area contributed by atoms with Gasteiger partial charge in [-0.1, -0.05) is 23.7 Å². The molecule has 2 aromatic heterocycles. The van der Waals surface area contributed by atoms with Gasteiger partial charge in [0.05, 0.1) is 16.3 Å². The number of hydrogen-bond acceptors (Lipinski definition) is 3. The lowest BCUT2D eigenvalue weighted by atomic mass is 10.0. The molecule has 0 saturated heterocycles. The van der Waals surface area contributed by atoms with E-state index in [1.165, 1.54) is 10.7 Å². The molecule has 0 spiro atoms. The zero-order valence-electron chi connectivity index (χ0n) is 10.6. The Bertz CT molecular complexity index is 763. The van der Waals surface area contributed by atoms with Crippen molar-refractivity contribution in [3.8, 4) is 22.5 Å². The van der Waals surface area contributed by atoms with Gasteiger partial charge >= 0.3 is 0 Å². The summed E-state index contributed by atoms with van der Waals surface area (Å²) >= 11 is 5.84. The minimum atomic E-state index is -0.519. The van der Waals surface area contributed by atoms with Gasteiger partial charge in [-0.3, -0.25) is 9.78 Å². The molecule has 20 heavy (non-hydrogen) atoms. The van der Waals surface area contributed by atoms with Gasteiger partial charge in [0.15, 0.2) is 0 Å². The second kappa shape index (κ2) is 4.64. The number of nitrogen functional groups attached to an aromatic ring is 1. The van der Waals surface area contributed by atoms with Crippen LogP contribution in [0.15, 0.2) is 30.5 Å². The molecule has 0 fully saturated rings. The molecule has 2 heterocycles. The number of rotatable bonds is 2. The maximum atomic E-state index is 14.2. The number of aromatic nitrogens is 4. The van der Waals surface area contributed by atoms with Crippen LogP contribution >= 0.6 is 11.6 Å². The number of aromatic amines is 1. The molecule has 102 valence electrons. The smallest absolute Gasteiger partial charge is 0.149 e. The molecule has 0 radical (unpaired) electrons. The van der Waals surface area contributed by atoms with Gasteiger partial charge in [0.25, 0.3) is 0 Å². The normalized spacial score (nSPS) is 10.9. The summed E-state index contributed by atoms with van der Waals surface area (Å²) in [5.41, 5.74) is 8.02. The number of anilines is 1. The highest BCUT2D eigenvalue weighted by Gasteiger charge is 2.21. The van der Waals surface area contributed by atoms with E-state index in [1.54, 1.807) is 31.4 Å². The van der Waals surface area contributed by atoms with Crippen LogP contribution in [-0.2, 0) is 7.05 Å². The molecule has 0 atom stereocenters. The lowest BCUT2D eigenvalue weighted by molar-refractivity contribution is 0.632. The Balaban J connectivity index is 2.31. The number of nitrogens with two attached hydrogens (primary N) is 1. The van der Waals surface area contributed by atoms with Crippen molar-refractivity contribution >= 4 is 17.4 Å². The summed E-state index contributed by atoms with van der Waals surface area (Å²) in [5.74, 6) is -0.162. The van der Waals surface area contributed by atoms with E-state index in [2.05, 4.69) is 15.3 Å². The first kappa shape index (κ1) is 12.7. The predicted octanol–water partition coefficient (Wildman–Crippen LogP) is 2.85. The number of halogens is 2. The van der Waals surface area contributed by atoms with E-state index in [4.69, 9.17) is 17.3 Å². The summed E-state index contributed by atoms with van der Waals surface area (Å²) in [7, 11) is 1.70. The Kier molecular flexibility index (Phi) is 2.94. The molecule has 3 N–H and O–H groups in total. The maximum absolute atomic E-state index is 14.2. The Hall–Kier alpha value is -2.34. The molecular weight excluding hydrogens is 281 g/mol. The van der Waals surface area contributed by atoms with Crippen LogP contribution in [0.5, 0.6) is 0 Å². The van der Waals surface area contributed by atoms with Crippen molar-refractivity contribution in [1.29, 1.82) is 0 Å². The molecule has 0 unspecified atom stereocenters. The van der Waals surface area contributed by atoms with Gasteiger partial charge in [-0.2, -0.15) is 10.2 Å². The number of hydrogen-bond donors (Lipinski definition) is 2. The Morgan fingerprint density at radius 2 is 2.15 bits per heavy atom. The second-order valence-corrected chi connectivity index (χ2v) is 4.71. The fourth-order valence-corrected chi connectivity index (χ4v) is 2.25. The molecular formula is C13H11ClFN5. The minimum absolute atomic E-state index is 0.0429. The van der Waals surface area contributed by atoms with Crippen molar-refractivity contribution < 1.29 is 4.39 Å². The van der Waals surface area contributed by atoms with Crippen LogP contribution in [0.1, 0.15) is 0 Å². The van der Waals surface area contributed by atoms with Crippen molar-refractivity contribution in [2.45, 2.75) is 0 Å². The van der Waals surface area contributed by atoms with E-state index < -0.39 is 5.82 Å². The maximum Gasteiger partial charge on any atom is 0.149 e. The first-order valence-corrected chi connectivity index (χ1v) is 6.24. The third-order valence-corrected chi connectivity index (χ3v) is 3.36. The zero-order valence-corrected chi connectivity index (χ0v) is 11.3. The molecule has 1 aromatic carbocycles. The van der Waals surface area contributed by atoms with E-state index in [0.717, 1.165) is 0 Å². The summed E-state index contributed by atoms with van der Waals surface area (Å²) in [5, 5.41) is 11.0. The van der Waals surface area contributed by atoms with Crippen LogP contribution in [-0.4, -0.2) is 20.0 Å². The Morgan fingerprint density at radius 3 is 2.85 bits per heavy atom. The van der Waals surface area contributed by atoms with Gasteiger partial charge in [-0.25, -0.2) is 4.39 Å². The van der Waals surface area contributed by atoms with E-state index in [-0.39, 0.29) is 5.02 Å². The van der Waals surface area contributed by atoms with E-state index in [9.17, 15) is 4.39 Å². The van der Waals surface area contributed by atoms with Crippen molar-refractivity contribution in [3.05, 3.63) is 41.3 Å². The molecule has 0 saturated carbocycles. The summed E-state index contributed by atoms with van der Waals surface area (Å²) in [6, 6.07) is 6.52. The van der Waals surface area contributed by atoms with Gasteiger partial charge in [0.2, 0.25) is 0 Å². The molecule has 0 aliphatic rings. The Morgan fingerprint density at radius 1 is 1.35 bits per heavy atom. The highest BCUT2D eigenvalue weighted by Crippen LogP contribution is 2.37. The molecule has 0 aliphatic heterocycles. The summed E-state index contributed by atoms with van der Waals surface area (Å²) in [6.45, 7) is 0. The van der Waals surface area contributed by atoms with Crippen molar-refractivity contribution in [3.63, 3.8) is 0 Å². The van der Waals surface area contributed by atoms with Crippen LogP contribution in [0, 0.1) is 5.82 Å². The molecule has 0 amide bonds. The lowest BCUT2D eigenvalue weighted by Gasteiger charge is -2.06. The molecule has 5 nitrogen and oxygen atoms in total. The van der Waals surface area contributed by atoms with Crippen molar-refractivity contribution in [2.75, 3.05) is 5.73 Å². The van der Waals surface area contributed by atoms with Crippen molar-refractivity contribution in [1.82, 2.24) is 20.0 Å². The lowest BCUT2D eigenvalue weighted by Crippen LogP contribution is -1.98. The van der Waals surface area contributed by atoms with Gasteiger partial charge in [-0.05, 0) is 12.1 Å². The third-order valence-electron chi connectivity index (χ3n) is 3.07. The number of nitrogens with zero attached hydrogens (tertiary/aromatic N) is 3. The quantitative estimate of drug-likeness (QED) is 0.762. The first-order chi connectivity index (χ1) is 9.59. The first-order valence-electron chi connectivity index (χ1n) is 5.86. The van der Waals surface area contributed by atoms with Gasteiger partial charge < -0.3 is 5.73 Å². The minimum Gasteiger partial charge on any atom is -0.383 e. The molecule has 0 bridgehead atoms. The summed E-state index contributed by atoms with van der Waals surface area (Å²) in [4.78, 5) is 0. The monoisotopic (exact) mass is 291 g/mol. The molecule has 7 heteroatoms. The number of benzene rings is 1. The van der Waals surface area contributed by atoms with Gasteiger partial charge in [0, 0.05) is 18.8 Å². The van der Waals surface area contributed by atoms with E-state index >= 15 is 0 Å². The molecule has 0 aliphatic carbocycles. The fraction of sp³-hybridized carbons (Fsp3) is 0.0769. The topological polar surface area (TPSA) is 72.5 Å². The largest absolute Gasteiger partial charge is 0.383 e. The number of H-pyrrole nitrogens is 1. The molecule has 3 aromatic rings. The zero-order chi connectivity index (χ0) is 14.3. The number of nitrogens with one attached hydrogen (secondary N) is 1. The van der Waals surface area contributed by atoms with Crippen molar-refractivity contribution in [2.24, 2.45) is 7.05 Å². The van der Waals surface area contributed by atoms with Gasteiger partial charge in [0.1, 0.15) is 17.3 Å². The second-order valence-electron chi connectivity index (χ2n) is 4.30. The summed E-state index contributed by atoms with van der Waals surface area (Å²) < 4.78 is 15.7. The standard InChI is InChI=1S/C13H11ClFN5/c1-20-13(16)10(7-3-2-4-8(14)11(7)15)12(19-20)9-5-6-17-18-9/h2-6H,16H2,1H3,(H,17,18). The average molecular weight is 292 g/mol. The summed E-state index contributed by atoms with van der Waals surface area (Å²) in [6.07, 6.45) is 1.60. The highest BCUT2D eigenvalue weighted by atomic mass is 35.5. The average Bonchev–Trinajstić information content (AvgIpc) is 3.04. The Labute approximate surface area is 119 Å². The van der Waals surface area contributed by atoms with Crippen LogP contribution in [0.25, 0.3) is 22.5 Å². The van der Waals surface area contributed by atoms with Gasteiger partial charge in [-0.15, -0.1) is 0 Å². The van der Waals surface area contributed by atoms with E-state index in [0.29, 0.717) is 28.3 Å². The highest BCUT2D eigenvalue weighted by molar-refractivity contribution is 6.31. The molecule has 3 rings (SSSR count). The SMILES string of the molecule is Cn1nc(-c2ccn[nH]2)c(-c2cccc(Cl)c2F)c1N. The predicted molar refractivity (Wildman–Crippen MR) is 75.6 cm³/mol. The number of aryl methyl sites for hydroxylation is 1. The fourth-order valence-electron chi connectivity index (χ4n) is 2.08. The van der Waals surface area contributed by atoms with Crippen LogP contribution in [0.4, 0.5) is 10.2 Å².